The summed E-state index contributed by atoms with van der Waals surface area (Å²) in [6.45, 7) is 6.87. The van der Waals surface area contributed by atoms with Crippen LogP contribution in [0.5, 0.6) is 0 Å². The number of carboxylic acid groups (broad SMARTS) is 1. The van der Waals surface area contributed by atoms with E-state index in [9.17, 15) is 57.8 Å². The largest absolute Gasteiger partial charge is 0.480 e. The van der Waals surface area contributed by atoms with E-state index < -0.39 is 139 Å². The molecule has 0 unspecified atom stereocenters. The van der Waals surface area contributed by atoms with Gasteiger partial charge in [-0.05, 0) is 56.8 Å². The van der Waals surface area contributed by atoms with Crippen molar-refractivity contribution in [3.05, 3.63) is 0 Å². The van der Waals surface area contributed by atoms with E-state index in [0.29, 0.717) is 6.42 Å². The number of carboxylic acids is 1. The van der Waals surface area contributed by atoms with Gasteiger partial charge in [0.1, 0.15) is 36.3 Å². The normalized spacial score (nSPS) is 16.7. The first-order valence-electron chi connectivity index (χ1n) is 19.4. The van der Waals surface area contributed by atoms with Crippen LogP contribution in [-0.4, -0.2) is 124 Å². The SMILES string of the molecule is CC(C)C[C@H](NC(=O)[C@@H](NC(=O)[C@@H]1CCCN1C(=O)[C@H](CCC(N)=O)NC(=O)[C@H](CCC(N)=O)NC(=O)[C@H](CCC(N)=O)NC(=O)[C@@H](N)CCC(N)=O)C(C)C)C(=O)O. The lowest BCUT2D eigenvalue weighted by molar-refractivity contribution is -0.144. The maximum Gasteiger partial charge on any atom is 0.326 e. The van der Waals surface area contributed by atoms with Crippen LogP contribution in [-0.2, 0) is 52.7 Å². The lowest BCUT2D eigenvalue weighted by Crippen LogP contribution is -2.60. The summed E-state index contributed by atoms with van der Waals surface area (Å²) >= 11 is 0. The van der Waals surface area contributed by atoms with Crippen LogP contribution in [0.2, 0.25) is 0 Å². The first-order chi connectivity index (χ1) is 27.4. The Bertz CT molecular complexity index is 1570. The van der Waals surface area contributed by atoms with Gasteiger partial charge in [-0.15, -0.1) is 0 Å². The third-order valence-corrected chi connectivity index (χ3v) is 9.36. The lowest BCUT2D eigenvalue weighted by Gasteiger charge is -2.31. The Kier molecular flexibility index (Phi) is 21.5. The molecule has 0 aromatic rings. The van der Waals surface area contributed by atoms with Crippen LogP contribution in [0.15, 0.2) is 0 Å². The van der Waals surface area contributed by atoms with Gasteiger partial charge in [0.25, 0.3) is 0 Å². The lowest BCUT2D eigenvalue weighted by atomic mass is 10.00. The summed E-state index contributed by atoms with van der Waals surface area (Å²) < 4.78 is 0. The second-order valence-corrected chi connectivity index (χ2v) is 15.3. The molecule has 0 aromatic heterocycles. The maximum absolute atomic E-state index is 14.1. The minimum Gasteiger partial charge on any atom is -0.480 e. The summed E-state index contributed by atoms with van der Waals surface area (Å²) in [5.41, 5.74) is 26.8. The molecule has 7 atom stereocenters. The fourth-order valence-electron chi connectivity index (χ4n) is 6.15. The molecule has 1 fully saturated rings. The highest BCUT2D eigenvalue weighted by molar-refractivity contribution is 5.98. The molecule has 0 aromatic carbocycles. The zero-order valence-electron chi connectivity index (χ0n) is 34.0. The van der Waals surface area contributed by atoms with Crippen LogP contribution in [0.25, 0.3) is 0 Å². The summed E-state index contributed by atoms with van der Waals surface area (Å²) in [5, 5.41) is 21.9. The molecule has 16 N–H and O–H groups in total. The highest BCUT2D eigenvalue weighted by atomic mass is 16.4. The fourth-order valence-corrected chi connectivity index (χ4v) is 6.15. The van der Waals surface area contributed by atoms with Crippen LogP contribution in [0.1, 0.15) is 98.3 Å². The molecule has 23 heteroatoms. The molecule has 23 nitrogen and oxygen atoms in total. The molecule has 0 aliphatic carbocycles. The molecule has 0 saturated carbocycles. The summed E-state index contributed by atoms with van der Waals surface area (Å²) in [5.74, 6) is -10.3. The van der Waals surface area contributed by atoms with Crippen molar-refractivity contribution in [1.29, 1.82) is 0 Å². The van der Waals surface area contributed by atoms with Crippen molar-refractivity contribution in [1.82, 2.24) is 31.5 Å². The maximum atomic E-state index is 14.1. The van der Waals surface area contributed by atoms with E-state index in [-0.39, 0.29) is 51.0 Å². The average molecular weight is 840 g/mol. The predicted octanol–water partition coefficient (Wildman–Crippen LogP) is -4.42. The van der Waals surface area contributed by atoms with Gasteiger partial charge in [-0.25, -0.2) is 4.79 Å². The third-order valence-electron chi connectivity index (χ3n) is 9.36. The van der Waals surface area contributed by atoms with Crippen molar-refractivity contribution < 1.29 is 57.8 Å². The summed E-state index contributed by atoms with van der Waals surface area (Å²) in [7, 11) is 0. The van der Waals surface area contributed by atoms with E-state index in [1.165, 1.54) is 0 Å². The van der Waals surface area contributed by atoms with Gasteiger partial charge in [0.2, 0.25) is 59.1 Å². The Balaban J connectivity index is 3.35. The number of nitrogens with one attached hydrogen (secondary N) is 5. The average Bonchev–Trinajstić information content (AvgIpc) is 3.63. The van der Waals surface area contributed by atoms with Gasteiger partial charge in [-0.2, -0.15) is 0 Å². The molecule has 10 amide bonds. The van der Waals surface area contributed by atoms with Gasteiger partial charge in [-0.3, -0.25) is 47.9 Å². The highest BCUT2D eigenvalue weighted by Crippen LogP contribution is 2.21. The number of likely N-dealkylation sites (tertiary alicyclic amines) is 1. The fraction of sp³-hybridized carbons (Fsp3) is 0.694. The number of hydrogen-bond acceptors (Lipinski definition) is 12. The molecule has 0 radical (unpaired) electrons. The highest BCUT2D eigenvalue weighted by Gasteiger charge is 2.40. The number of nitrogens with two attached hydrogens (primary N) is 5. The Morgan fingerprint density at radius 1 is 0.593 bits per heavy atom. The molecule has 59 heavy (non-hydrogen) atoms. The summed E-state index contributed by atoms with van der Waals surface area (Å²) in [4.78, 5) is 140. The summed E-state index contributed by atoms with van der Waals surface area (Å²) in [6.07, 6.45) is -2.18. The molecule has 1 aliphatic heterocycles. The Hall–Kier alpha value is -5.87. The van der Waals surface area contributed by atoms with E-state index in [2.05, 4.69) is 26.6 Å². The minimum absolute atomic E-state index is 0.0263. The van der Waals surface area contributed by atoms with Crippen molar-refractivity contribution in [2.45, 2.75) is 141 Å². The van der Waals surface area contributed by atoms with E-state index in [1.807, 2.05) is 0 Å². The van der Waals surface area contributed by atoms with Gasteiger partial charge >= 0.3 is 5.97 Å². The molecular weight excluding hydrogens is 778 g/mol. The number of primary amides is 4. The number of amides is 10. The number of hydrogen-bond donors (Lipinski definition) is 11. The first-order valence-corrected chi connectivity index (χ1v) is 19.4. The van der Waals surface area contributed by atoms with Gasteiger partial charge in [0.05, 0.1) is 6.04 Å². The predicted molar refractivity (Wildman–Crippen MR) is 208 cm³/mol. The van der Waals surface area contributed by atoms with Crippen LogP contribution in [0, 0.1) is 11.8 Å². The zero-order chi connectivity index (χ0) is 45.1. The molecule has 0 bridgehead atoms. The second kappa shape index (κ2) is 24.8. The van der Waals surface area contributed by atoms with E-state index in [4.69, 9.17) is 28.7 Å². The van der Waals surface area contributed by atoms with E-state index in [1.54, 1.807) is 27.7 Å². The number of aliphatic carboxylic acids is 1. The van der Waals surface area contributed by atoms with Crippen LogP contribution >= 0.6 is 0 Å². The Morgan fingerprint density at radius 2 is 1.02 bits per heavy atom. The van der Waals surface area contributed by atoms with Crippen molar-refractivity contribution in [2.75, 3.05) is 6.54 Å². The topological polar surface area (TPSA) is 401 Å². The quantitative estimate of drug-likeness (QED) is 0.0373. The standard InChI is InChI=1S/C36H61N11O12/c1-17(2)16-23(36(58)59)45-34(56)29(18(3)4)46-33(55)24-6-5-15-47(24)35(57)22(10-14-28(41)51)44-32(54)21(9-13-27(40)50)43-31(53)20(8-12-26(39)49)42-30(52)19(37)7-11-25(38)48/h17-24,29H,5-16,37H2,1-4H3,(H2,38,48)(H2,39,49)(H2,40,50)(H2,41,51)(H,42,52)(H,43,53)(H,44,54)(H,45,56)(H,46,55)(H,58,59)/t19-,20-,21-,22-,23-,24-,29-/m0/s1. The van der Waals surface area contributed by atoms with Crippen molar-refractivity contribution >= 4 is 65.0 Å². The molecule has 1 aliphatic rings. The smallest absolute Gasteiger partial charge is 0.326 e. The Morgan fingerprint density at radius 3 is 1.46 bits per heavy atom. The van der Waals surface area contributed by atoms with Crippen molar-refractivity contribution in [3.63, 3.8) is 0 Å². The molecule has 1 rings (SSSR count). The summed E-state index contributed by atoms with van der Waals surface area (Å²) in [6, 6.07) is -9.45. The van der Waals surface area contributed by atoms with Crippen molar-refractivity contribution in [2.24, 2.45) is 40.5 Å². The number of carbonyl (C=O) groups excluding carboxylic acids is 10. The number of nitrogens with zero attached hydrogens (tertiary/aromatic N) is 1. The second-order valence-electron chi connectivity index (χ2n) is 15.3. The molecule has 1 saturated heterocycles. The zero-order valence-corrected chi connectivity index (χ0v) is 34.0. The van der Waals surface area contributed by atoms with Gasteiger partial charge in [-0.1, -0.05) is 27.7 Å². The van der Waals surface area contributed by atoms with Crippen LogP contribution in [0.3, 0.4) is 0 Å². The number of rotatable bonds is 27. The third kappa shape index (κ3) is 18.5. The molecule has 1 heterocycles. The van der Waals surface area contributed by atoms with Gasteiger partial charge in [0, 0.05) is 32.2 Å². The van der Waals surface area contributed by atoms with Gasteiger partial charge < -0.3 is 65.3 Å². The van der Waals surface area contributed by atoms with Crippen LogP contribution < -0.4 is 55.3 Å². The Labute approximate surface area is 341 Å². The molecular formula is C36H61N11O12. The monoisotopic (exact) mass is 839 g/mol. The van der Waals surface area contributed by atoms with E-state index >= 15 is 0 Å². The number of carbonyl (C=O) groups is 11. The van der Waals surface area contributed by atoms with Crippen LogP contribution in [0.4, 0.5) is 0 Å². The van der Waals surface area contributed by atoms with E-state index in [0.717, 1.165) is 4.90 Å². The first kappa shape index (κ1) is 51.1. The molecule has 332 valence electrons. The van der Waals surface area contributed by atoms with Crippen molar-refractivity contribution in [3.8, 4) is 0 Å². The van der Waals surface area contributed by atoms with Gasteiger partial charge in [0.15, 0.2) is 0 Å². The minimum atomic E-state index is -1.59. The molecule has 0 spiro atoms.